The number of amides is 1. The number of hydrogen-bond acceptors (Lipinski definition) is 4. The molecule has 32 heavy (non-hydrogen) atoms. The monoisotopic (exact) mass is 553 g/mol. The summed E-state index contributed by atoms with van der Waals surface area (Å²) < 4.78 is 5.38. The number of carbonyl (C=O) groups is 1. The lowest BCUT2D eigenvalue weighted by molar-refractivity contribution is -0.140. The van der Waals surface area contributed by atoms with Crippen LogP contribution in [0.2, 0.25) is 0 Å². The molecule has 1 aromatic carbocycles. The zero-order valence-corrected chi connectivity index (χ0v) is 21.4. The predicted octanol–water partition coefficient (Wildman–Crippen LogP) is 2.72. The summed E-state index contributed by atoms with van der Waals surface area (Å²) in [5, 5.41) is 3.44. The second kappa shape index (κ2) is 12.4. The van der Waals surface area contributed by atoms with Gasteiger partial charge in [-0.3, -0.25) is 4.79 Å². The van der Waals surface area contributed by atoms with Crippen molar-refractivity contribution in [2.75, 3.05) is 63.9 Å². The first-order chi connectivity index (χ1) is 15.2. The van der Waals surface area contributed by atoms with Crippen molar-refractivity contribution in [3.8, 4) is 0 Å². The van der Waals surface area contributed by atoms with Gasteiger partial charge in [-0.05, 0) is 37.5 Å². The largest absolute Gasteiger partial charge is 0.378 e. The van der Waals surface area contributed by atoms with Crippen molar-refractivity contribution < 1.29 is 9.53 Å². The van der Waals surface area contributed by atoms with Gasteiger partial charge in [-0.15, -0.1) is 24.0 Å². The van der Waals surface area contributed by atoms with Crippen LogP contribution < -0.4 is 10.2 Å². The lowest BCUT2D eigenvalue weighted by atomic mass is 9.95. The standard InChI is InChI=1S/C24H35N5O2.HI/c1-2-25-24(26-19-20-6-5-7-22(18-20)27-10-3-4-11-27)29-12-8-21(9-13-29)23(30)28-14-16-31-17-15-28;/h3-7,18,21H,2,8-17,19H2,1H3,(H,25,26);1H. The normalized spacial score (nSPS) is 19.8. The maximum absolute atomic E-state index is 12.8. The van der Waals surface area contributed by atoms with Crippen molar-refractivity contribution in [2.45, 2.75) is 26.3 Å². The molecule has 0 spiro atoms. The van der Waals surface area contributed by atoms with Gasteiger partial charge < -0.3 is 24.8 Å². The molecule has 0 radical (unpaired) electrons. The molecule has 1 aromatic rings. The van der Waals surface area contributed by atoms with Crippen LogP contribution in [0.1, 0.15) is 25.3 Å². The molecule has 0 unspecified atom stereocenters. The zero-order valence-electron chi connectivity index (χ0n) is 19.0. The smallest absolute Gasteiger partial charge is 0.225 e. The van der Waals surface area contributed by atoms with E-state index in [9.17, 15) is 4.79 Å². The molecule has 3 heterocycles. The van der Waals surface area contributed by atoms with E-state index >= 15 is 0 Å². The number of benzene rings is 1. The summed E-state index contributed by atoms with van der Waals surface area (Å²) in [4.78, 5) is 24.4. The molecule has 7 nitrogen and oxygen atoms in total. The van der Waals surface area contributed by atoms with Gasteiger partial charge in [-0.2, -0.15) is 0 Å². The van der Waals surface area contributed by atoms with Crippen molar-refractivity contribution in [3.63, 3.8) is 0 Å². The van der Waals surface area contributed by atoms with E-state index in [1.54, 1.807) is 0 Å². The van der Waals surface area contributed by atoms with E-state index in [1.165, 1.54) is 11.3 Å². The molecule has 0 aromatic heterocycles. The van der Waals surface area contributed by atoms with E-state index in [0.29, 0.717) is 25.7 Å². The van der Waals surface area contributed by atoms with Crippen LogP contribution >= 0.6 is 24.0 Å². The van der Waals surface area contributed by atoms with Crippen molar-refractivity contribution in [1.29, 1.82) is 0 Å². The van der Waals surface area contributed by atoms with Crippen molar-refractivity contribution in [2.24, 2.45) is 10.9 Å². The van der Waals surface area contributed by atoms with Crippen LogP contribution in [-0.4, -0.2) is 80.7 Å². The summed E-state index contributed by atoms with van der Waals surface area (Å²) in [6.45, 7) is 10.1. The second-order valence-corrected chi connectivity index (χ2v) is 8.42. The van der Waals surface area contributed by atoms with Gasteiger partial charge in [0.15, 0.2) is 5.96 Å². The number of piperidine rings is 1. The average Bonchev–Trinajstić information content (AvgIpc) is 3.37. The molecule has 0 saturated carbocycles. The van der Waals surface area contributed by atoms with Crippen LogP contribution in [0.3, 0.4) is 0 Å². The molecule has 8 heteroatoms. The summed E-state index contributed by atoms with van der Waals surface area (Å²) >= 11 is 0. The Morgan fingerprint density at radius 3 is 2.50 bits per heavy atom. The number of guanidine groups is 1. The van der Waals surface area contributed by atoms with Crippen LogP contribution in [0.5, 0.6) is 0 Å². The van der Waals surface area contributed by atoms with Crippen LogP contribution in [0, 0.1) is 5.92 Å². The van der Waals surface area contributed by atoms with Gasteiger partial charge in [0.2, 0.25) is 5.91 Å². The first-order valence-electron chi connectivity index (χ1n) is 11.6. The summed E-state index contributed by atoms with van der Waals surface area (Å²) in [7, 11) is 0. The molecular formula is C24H36IN5O2. The summed E-state index contributed by atoms with van der Waals surface area (Å²) in [6, 6.07) is 8.68. The average molecular weight is 553 g/mol. The Bertz CT molecular complexity index is 793. The lowest BCUT2D eigenvalue weighted by Crippen LogP contribution is -2.50. The van der Waals surface area contributed by atoms with Crippen LogP contribution in [0.15, 0.2) is 41.4 Å². The maximum Gasteiger partial charge on any atom is 0.225 e. The number of morpholine rings is 1. The van der Waals surface area contributed by atoms with Gasteiger partial charge in [0.05, 0.1) is 19.8 Å². The minimum atomic E-state index is 0. The highest BCUT2D eigenvalue weighted by Crippen LogP contribution is 2.22. The van der Waals surface area contributed by atoms with E-state index in [1.807, 2.05) is 4.90 Å². The fourth-order valence-corrected chi connectivity index (χ4v) is 4.51. The zero-order chi connectivity index (χ0) is 21.5. The summed E-state index contributed by atoms with van der Waals surface area (Å²) in [5.41, 5.74) is 2.47. The molecule has 0 bridgehead atoms. The number of aliphatic imine (C=N–C) groups is 1. The molecule has 0 atom stereocenters. The summed E-state index contributed by atoms with van der Waals surface area (Å²) in [5.74, 6) is 1.38. The lowest BCUT2D eigenvalue weighted by Gasteiger charge is -2.36. The Morgan fingerprint density at radius 2 is 1.81 bits per heavy atom. The molecule has 2 fully saturated rings. The Morgan fingerprint density at radius 1 is 1.09 bits per heavy atom. The van der Waals surface area contributed by atoms with Crippen LogP contribution in [0.25, 0.3) is 0 Å². The van der Waals surface area contributed by atoms with Gasteiger partial charge in [-0.25, -0.2) is 4.99 Å². The quantitative estimate of drug-likeness (QED) is 0.263. The number of likely N-dealkylation sites (tertiary alicyclic amines) is 1. The Balaban J connectivity index is 0.00000289. The first-order valence-corrected chi connectivity index (χ1v) is 11.6. The highest BCUT2D eigenvalue weighted by molar-refractivity contribution is 14.0. The third-order valence-electron chi connectivity index (χ3n) is 6.31. The molecule has 2 saturated heterocycles. The van der Waals surface area contributed by atoms with Crippen LogP contribution in [-0.2, 0) is 16.1 Å². The van der Waals surface area contributed by atoms with Gasteiger partial charge in [0, 0.05) is 57.4 Å². The summed E-state index contributed by atoms with van der Waals surface area (Å²) in [6.07, 6.45) is 6.19. The van der Waals surface area contributed by atoms with E-state index in [0.717, 1.165) is 64.6 Å². The first kappa shape index (κ1) is 24.8. The molecular weight excluding hydrogens is 517 g/mol. The number of nitrogens with one attached hydrogen (secondary N) is 1. The van der Waals surface area contributed by atoms with Crippen molar-refractivity contribution >= 4 is 41.5 Å². The highest BCUT2D eigenvalue weighted by Gasteiger charge is 2.30. The van der Waals surface area contributed by atoms with E-state index < -0.39 is 0 Å². The van der Waals surface area contributed by atoms with Gasteiger partial charge >= 0.3 is 0 Å². The fraction of sp³-hybridized carbons (Fsp3) is 0.583. The van der Waals surface area contributed by atoms with Gasteiger partial charge in [0.1, 0.15) is 0 Å². The third-order valence-corrected chi connectivity index (χ3v) is 6.31. The minimum absolute atomic E-state index is 0. The number of hydrogen-bond donors (Lipinski definition) is 1. The topological polar surface area (TPSA) is 60.4 Å². The number of ether oxygens (including phenoxy) is 1. The molecule has 3 aliphatic rings. The van der Waals surface area contributed by atoms with Crippen molar-refractivity contribution in [3.05, 3.63) is 42.0 Å². The fourth-order valence-electron chi connectivity index (χ4n) is 4.51. The molecule has 176 valence electrons. The van der Waals surface area contributed by atoms with Crippen LogP contribution in [0.4, 0.5) is 5.69 Å². The Labute approximate surface area is 208 Å². The molecule has 1 amide bonds. The maximum atomic E-state index is 12.8. The molecule has 4 rings (SSSR count). The predicted molar refractivity (Wildman–Crippen MR) is 140 cm³/mol. The molecule has 3 aliphatic heterocycles. The van der Waals surface area contributed by atoms with E-state index in [2.05, 4.69) is 58.5 Å². The van der Waals surface area contributed by atoms with E-state index in [-0.39, 0.29) is 29.9 Å². The Kier molecular flexibility index (Phi) is 9.65. The number of nitrogens with zero attached hydrogens (tertiary/aromatic N) is 4. The highest BCUT2D eigenvalue weighted by atomic mass is 127. The molecule has 0 aliphatic carbocycles. The van der Waals surface area contributed by atoms with Crippen molar-refractivity contribution in [1.82, 2.24) is 15.1 Å². The minimum Gasteiger partial charge on any atom is -0.378 e. The van der Waals surface area contributed by atoms with Gasteiger partial charge in [-0.1, -0.05) is 24.3 Å². The number of anilines is 1. The molecule has 1 N–H and O–H groups in total. The number of rotatable bonds is 5. The third kappa shape index (κ3) is 6.37. The SMILES string of the molecule is CCNC(=NCc1cccc(N2CC=CC2)c1)N1CCC(C(=O)N2CCOCC2)CC1.I. The number of carbonyl (C=O) groups excluding carboxylic acids is 1. The van der Waals surface area contributed by atoms with Gasteiger partial charge in [0.25, 0.3) is 0 Å². The second-order valence-electron chi connectivity index (χ2n) is 8.42. The number of halogens is 1. The Hall–Kier alpha value is -1.81. The van der Waals surface area contributed by atoms with E-state index in [4.69, 9.17) is 9.73 Å².